The highest BCUT2D eigenvalue weighted by Gasteiger charge is 2.15. The zero-order chi connectivity index (χ0) is 17.1. The molecule has 4 rings (SSSR count). The lowest BCUT2D eigenvalue weighted by Crippen LogP contribution is -1.99. The second-order valence-electron chi connectivity index (χ2n) is 6.63. The van der Waals surface area contributed by atoms with Crippen molar-refractivity contribution in [1.29, 1.82) is 0 Å². The van der Waals surface area contributed by atoms with E-state index in [-0.39, 0.29) is 6.40 Å². The highest BCUT2D eigenvalue weighted by atomic mass is 14.7. The molecule has 1 atom stereocenters. The second kappa shape index (κ2) is 7.00. The van der Waals surface area contributed by atoms with Crippen LogP contribution in [0.3, 0.4) is 0 Å². The Morgan fingerprint density at radius 3 is 2.42 bits per heavy atom. The number of pyridine rings is 1. The number of hydrogen-bond acceptors (Lipinski definition) is 1. The maximum Gasteiger partial charge on any atom is 0.0704 e. The summed E-state index contributed by atoms with van der Waals surface area (Å²) in [6.07, 6.45) is 6.66. The Labute approximate surface area is 145 Å². The van der Waals surface area contributed by atoms with Gasteiger partial charge in [-0.2, -0.15) is 0 Å². The number of benzene rings is 2. The summed E-state index contributed by atoms with van der Waals surface area (Å²) in [6.45, 7) is 0. The number of nitrogens with zero attached hydrogens (tertiary/aromatic N) is 1. The minimum Gasteiger partial charge on any atom is -0.256 e. The Balaban J connectivity index is 1.65. The fourth-order valence-corrected chi connectivity index (χ4v) is 3.59. The van der Waals surface area contributed by atoms with E-state index >= 15 is 0 Å². The van der Waals surface area contributed by atoms with Crippen molar-refractivity contribution in [3.63, 3.8) is 0 Å². The lowest BCUT2D eigenvalue weighted by molar-refractivity contribution is 0.546. The van der Waals surface area contributed by atoms with Crippen LogP contribution in [0.2, 0.25) is 0 Å². The molecule has 0 bridgehead atoms. The van der Waals surface area contributed by atoms with E-state index in [2.05, 4.69) is 59.6 Å². The molecule has 0 radical (unpaired) electrons. The van der Waals surface area contributed by atoms with Gasteiger partial charge in [-0.15, -0.1) is 0 Å². The van der Waals surface area contributed by atoms with E-state index in [1.165, 1.54) is 36.8 Å². The van der Waals surface area contributed by atoms with Crippen molar-refractivity contribution >= 4 is 0 Å². The first-order valence-corrected chi connectivity index (χ1v) is 8.85. The van der Waals surface area contributed by atoms with E-state index in [1.54, 1.807) is 0 Å². The number of aromatic nitrogens is 1. The molecule has 1 aliphatic rings. The van der Waals surface area contributed by atoms with Crippen LogP contribution in [0.4, 0.5) is 0 Å². The van der Waals surface area contributed by atoms with Crippen molar-refractivity contribution in [2.45, 2.75) is 32.1 Å². The Bertz CT molecular complexity index is 837. The van der Waals surface area contributed by atoms with E-state index in [0.717, 1.165) is 16.8 Å². The molecule has 0 spiro atoms. The van der Waals surface area contributed by atoms with Gasteiger partial charge in [-0.05, 0) is 47.2 Å². The molecule has 0 amide bonds. The molecule has 0 saturated heterocycles. The first-order valence-electron chi connectivity index (χ1n) is 9.43. The molecule has 2 aromatic carbocycles. The van der Waals surface area contributed by atoms with Gasteiger partial charge in [0.15, 0.2) is 0 Å². The standard InChI is InChI=1S/C23H23N/c1-2-9-20(10-3-1)21-11-6-12-22(17-21)23-16-19(13-14-24-23)15-18-7-4-5-8-18/h1-3,6,9-14,16-18H,4-5,7-8,15H2/i15D. The highest BCUT2D eigenvalue weighted by Crippen LogP contribution is 2.30. The molecule has 1 heterocycles. The van der Waals surface area contributed by atoms with E-state index in [9.17, 15) is 0 Å². The zero-order valence-electron chi connectivity index (χ0n) is 14.9. The molecule has 1 aliphatic carbocycles. The van der Waals surface area contributed by atoms with Crippen LogP contribution in [0.25, 0.3) is 22.4 Å². The molecule has 1 aromatic heterocycles. The first kappa shape index (κ1) is 14.0. The Kier molecular flexibility index (Phi) is 4.08. The topological polar surface area (TPSA) is 12.9 Å². The molecule has 1 saturated carbocycles. The molecular weight excluding hydrogens is 290 g/mol. The third kappa shape index (κ3) is 3.41. The summed E-state index contributed by atoms with van der Waals surface area (Å²) in [5, 5.41) is 0. The molecule has 120 valence electrons. The van der Waals surface area contributed by atoms with E-state index in [4.69, 9.17) is 1.37 Å². The third-order valence-corrected chi connectivity index (χ3v) is 4.88. The molecular formula is C23H23N. The summed E-state index contributed by atoms with van der Waals surface area (Å²) >= 11 is 0. The van der Waals surface area contributed by atoms with E-state index in [0.29, 0.717) is 5.92 Å². The van der Waals surface area contributed by atoms with Gasteiger partial charge in [-0.3, -0.25) is 4.98 Å². The normalized spacial score (nSPS) is 16.8. The average Bonchev–Trinajstić information content (AvgIpc) is 3.23. The third-order valence-electron chi connectivity index (χ3n) is 4.88. The van der Waals surface area contributed by atoms with Gasteiger partial charge in [0.05, 0.1) is 5.69 Å². The Hall–Kier alpha value is -2.41. The molecule has 1 unspecified atom stereocenters. The van der Waals surface area contributed by atoms with Gasteiger partial charge >= 0.3 is 0 Å². The van der Waals surface area contributed by atoms with Crippen LogP contribution in [-0.2, 0) is 6.40 Å². The van der Waals surface area contributed by atoms with Gasteiger partial charge in [0, 0.05) is 13.1 Å². The van der Waals surface area contributed by atoms with Gasteiger partial charge in [0.25, 0.3) is 0 Å². The van der Waals surface area contributed by atoms with Gasteiger partial charge in [-0.25, -0.2) is 0 Å². The minimum atomic E-state index is -0.124. The van der Waals surface area contributed by atoms with Crippen molar-refractivity contribution in [3.05, 3.63) is 78.5 Å². The maximum atomic E-state index is 8.62. The van der Waals surface area contributed by atoms with Gasteiger partial charge in [0.1, 0.15) is 0 Å². The molecule has 1 nitrogen and oxygen atoms in total. The predicted molar refractivity (Wildman–Crippen MR) is 101 cm³/mol. The minimum absolute atomic E-state index is 0.124. The lowest BCUT2D eigenvalue weighted by Gasteiger charge is -2.10. The van der Waals surface area contributed by atoms with Crippen LogP contribution in [0.15, 0.2) is 72.9 Å². The van der Waals surface area contributed by atoms with Crippen LogP contribution in [0.5, 0.6) is 0 Å². The summed E-state index contributed by atoms with van der Waals surface area (Å²) in [6, 6.07) is 23.1. The van der Waals surface area contributed by atoms with Crippen LogP contribution in [0, 0.1) is 5.92 Å². The molecule has 1 heteroatoms. The van der Waals surface area contributed by atoms with Crippen molar-refractivity contribution in [1.82, 2.24) is 4.98 Å². The number of hydrogen-bond donors (Lipinski definition) is 0. The van der Waals surface area contributed by atoms with Crippen LogP contribution >= 0.6 is 0 Å². The largest absolute Gasteiger partial charge is 0.256 e. The highest BCUT2D eigenvalue weighted by molar-refractivity contribution is 5.71. The molecule has 3 aromatic rings. The molecule has 0 N–H and O–H groups in total. The van der Waals surface area contributed by atoms with Gasteiger partial charge in [0.2, 0.25) is 0 Å². The first-order chi connectivity index (χ1) is 12.3. The molecule has 24 heavy (non-hydrogen) atoms. The fraction of sp³-hybridized carbons (Fsp3) is 0.261. The van der Waals surface area contributed by atoms with E-state index in [1.807, 2.05) is 18.3 Å². The van der Waals surface area contributed by atoms with Crippen molar-refractivity contribution in [3.8, 4) is 22.4 Å². The summed E-state index contributed by atoms with van der Waals surface area (Å²) in [5.74, 6) is 0.505. The zero-order valence-corrected chi connectivity index (χ0v) is 13.9. The smallest absolute Gasteiger partial charge is 0.0704 e. The predicted octanol–water partition coefficient (Wildman–Crippen LogP) is 6.15. The SMILES string of the molecule is [2H]C(c1ccnc(-c2cccc(-c3ccccc3)c2)c1)C1CCCC1. The number of rotatable bonds is 4. The maximum absolute atomic E-state index is 8.62. The van der Waals surface area contributed by atoms with Crippen LogP contribution in [0.1, 0.15) is 32.6 Å². The van der Waals surface area contributed by atoms with Crippen molar-refractivity contribution in [2.75, 3.05) is 0 Å². The second-order valence-corrected chi connectivity index (χ2v) is 6.63. The fourth-order valence-electron chi connectivity index (χ4n) is 3.59. The van der Waals surface area contributed by atoms with Gasteiger partial charge in [-0.1, -0.05) is 74.2 Å². The van der Waals surface area contributed by atoms with Crippen LogP contribution in [-0.4, -0.2) is 4.98 Å². The van der Waals surface area contributed by atoms with Crippen LogP contribution < -0.4 is 0 Å². The summed E-state index contributed by atoms with van der Waals surface area (Å²) in [7, 11) is 0. The summed E-state index contributed by atoms with van der Waals surface area (Å²) in [4.78, 5) is 4.57. The average molecular weight is 314 g/mol. The molecule has 1 fully saturated rings. The van der Waals surface area contributed by atoms with E-state index < -0.39 is 0 Å². The molecule has 0 aliphatic heterocycles. The van der Waals surface area contributed by atoms with Crippen molar-refractivity contribution < 1.29 is 1.37 Å². The summed E-state index contributed by atoms with van der Waals surface area (Å²) < 4.78 is 8.62. The Morgan fingerprint density at radius 1 is 0.833 bits per heavy atom. The van der Waals surface area contributed by atoms with Crippen molar-refractivity contribution in [2.24, 2.45) is 5.92 Å². The monoisotopic (exact) mass is 314 g/mol. The summed E-state index contributed by atoms with van der Waals surface area (Å²) in [5.41, 5.74) is 5.59. The lowest BCUT2D eigenvalue weighted by atomic mass is 9.96. The van der Waals surface area contributed by atoms with Gasteiger partial charge < -0.3 is 0 Å². The quantitative estimate of drug-likeness (QED) is 0.563. The Morgan fingerprint density at radius 2 is 1.58 bits per heavy atom.